The van der Waals surface area contributed by atoms with E-state index in [9.17, 15) is 9.59 Å². The Labute approximate surface area is 82.5 Å². The number of hydrogen-bond acceptors (Lipinski definition) is 4. The van der Waals surface area contributed by atoms with Crippen molar-refractivity contribution in [3.05, 3.63) is 0 Å². The van der Waals surface area contributed by atoms with Gasteiger partial charge in [0.2, 0.25) is 5.91 Å². The zero-order chi connectivity index (χ0) is 11.1. The van der Waals surface area contributed by atoms with Crippen LogP contribution in [-0.4, -0.2) is 60.3 Å². The number of carbonyl (C=O) groups excluding carboxylic acids is 1. The van der Waals surface area contributed by atoms with Gasteiger partial charge in [0.1, 0.15) is 6.04 Å². The van der Waals surface area contributed by atoms with Crippen molar-refractivity contribution in [2.45, 2.75) is 12.5 Å². The number of nitrogens with one attached hydrogen (secondary N) is 1. The molecule has 1 atom stereocenters. The Morgan fingerprint density at radius 2 is 2.00 bits per heavy atom. The fourth-order valence-corrected chi connectivity index (χ4v) is 0.914. The molecule has 0 saturated heterocycles. The molecule has 0 aromatic rings. The van der Waals surface area contributed by atoms with Gasteiger partial charge in [-0.2, -0.15) is 0 Å². The van der Waals surface area contributed by atoms with Gasteiger partial charge in [0.25, 0.3) is 0 Å². The lowest BCUT2D eigenvalue weighted by molar-refractivity contribution is -0.142. The Hall–Kier alpha value is -1.14. The summed E-state index contributed by atoms with van der Waals surface area (Å²) in [6.07, 6.45) is 0.0223. The zero-order valence-electron chi connectivity index (χ0n) is 8.36. The summed E-state index contributed by atoms with van der Waals surface area (Å²) in [6.45, 7) is -0.131. The molecule has 0 saturated carbocycles. The molecule has 0 rings (SSSR count). The fourth-order valence-electron chi connectivity index (χ4n) is 0.914. The normalized spacial score (nSPS) is 12.6. The molecule has 0 unspecified atom stereocenters. The van der Waals surface area contributed by atoms with E-state index >= 15 is 0 Å². The highest BCUT2D eigenvalue weighted by Gasteiger charge is 2.18. The predicted molar refractivity (Wildman–Crippen MR) is 49.8 cm³/mol. The second-order valence-electron chi connectivity index (χ2n) is 3.21. The number of rotatable bonds is 6. The number of nitrogens with zero attached hydrogens (tertiary/aromatic N) is 1. The number of carboxylic acid groups (broad SMARTS) is 1. The summed E-state index contributed by atoms with van der Waals surface area (Å²) in [5, 5.41) is 19.5. The lowest BCUT2D eigenvalue weighted by Gasteiger charge is -2.15. The van der Waals surface area contributed by atoms with Crippen molar-refractivity contribution in [3.63, 3.8) is 0 Å². The van der Waals surface area contributed by atoms with Gasteiger partial charge in [0.15, 0.2) is 0 Å². The summed E-state index contributed by atoms with van der Waals surface area (Å²) in [4.78, 5) is 23.3. The van der Waals surface area contributed by atoms with Crippen molar-refractivity contribution in [2.75, 3.05) is 27.2 Å². The second kappa shape index (κ2) is 6.33. The predicted octanol–water partition coefficient (Wildman–Crippen LogP) is -1.50. The molecule has 0 heterocycles. The van der Waals surface area contributed by atoms with Crippen LogP contribution in [0.25, 0.3) is 0 Å². The maximum Gasteiger partial charge on any atom is 0.326 e. The van der Waals surface area contributed by atoms with Gasteiger partial charge in [0.05, 0.1) is 6.54 Å². The summed E-state index contributed by atoms with van der Waals surface area (Å²) in [5.41, 5.74) is 0. The molecule has 6 heteroatoms. The van der Waals surface area contributed by atoms with E-state index in [1.54, 1.807) is 19.0 Å². The fraction of sp³-hybridized carbons (Fsp3) is 0.750. The van der Waals surface area contributed by atoms with Gasteiger partial charge in [0, 0.05) is 13.0 Å². The van der Waals surface area contributed by atoms with Gasteiger partial charge < -0.3 is 20.4 Å². The second-order valence-corrected chi connectivity index (χ2v) is 3.21. The Balaban J connectivity index is 4.02. The summed E-state index contributed by atoms with van der Waals surface area (Å²) >= 11 is 0. The molecular weight excluding hydrogens is 188 g/mol. The highest BCUT2D eigenvalue weighted by Crippen LogP contribution is 1.91. The minimum Gasteiger partial charge on any atom is -0.480 e. The number of amides is 1. The maximum atomic E-state index is 11.1. The van der Waals surface area contributed by atoms with Crippen LogP contribution >= 0.6 is 0 Å². The number of carboxylic acids is 1. The van der Waals surface area contributed by atoms with E-state index < -0.39 is 12.0 Å². The lowest BCUT2D eigenvalue weighted by atomic mass is 10.2. The standard InChI is InChI=1S/C8H16N2O4/c1-10(2)5-7(12)9-6(3-4-11)8(13)14/h6,11H,3-5H2,1-2H3,(H,9,12)(H,13,14)/t6-/m0/s1. The third kappa shape index (κ3) is 5.50. The van der Waals surface area contributed by atoms with E-state index in [1.807, 2.05) is 0 Å². The van der Waals surface area contributed by atoms with Crippen LogP contribution in [0.4, 0.5) is 0 Å². The number of aliphatic hydroxyl groups is 1. The lowest BCUT2D eigenvalue weighted by Crippen LogP contribution is -2.44. The van der Waals surface area contributed by atoms with E-state index in [0.29, 0.717) is 0 Å². The van der Waals surface area contributed by atoms with Crippen molar-refractivity contribution in [1.82, 2.24) is 10.2 Å². The third-order valence-corrected chi connectivity index (χ3v) is 1.51. The van der Waals surface area contributed by atoms with Gasteiger partial charge in [-0.25, -0.2) is 4.79 Å². The third-order valence-electron chi connectivity index (χ3n) is 1.51. The van der Waals surface area contributed by atoms with Gasteiger partial charge >= 0.3 is 5.97 Å². The Morgan fingerprint density at radius 3 is 2.36 bits per heavy atom. The Kier molecular flexibility index (Phi) is 5.82. The quantitative estimate of drug-likeness (QED) is 0.490. The monoisotopic (exact) mass is 204 g/mol. The van der Waals surface area contributed by atoms with Crippen molar-refractivity contribution >= 4 is 11.9 Å². The average Bonchev–Trinajstić information content (AvgIpc) is 2.01. The van der Waals surface area contributed by atoms with E-state index in [4.69, 9.17) is 10.2 Å². The smallest absolute Gasteiger partial charge is 0.326 e. The van der Waals surface area contributed by atoms with Crippen LogP contribution in [0.1, 0.15) is 6.42 Å². The number of hydrogen-bond donors (Lipinski definition) is 3. The molecule has 14 heavy (non-hydrogen) atoms. The molecule has 0 aliphatic heterocycles. The number of aliphatic carboxylic acids is 1. The number of carbonyl (C=O) groups is 2. The van der Waals surface area contributed by atoms with Crippen LogP contribution in [0.3, 0.4) is 0 Å². The molecular formula is C8H16N2O4. The molecule has 0 fully saturated rings. The van der Waals surface area contributed by atoms with Gasteiger partial charge in [-0.05, 0) is 14.1 Å². The van der Waals surface area contributed by atoms with Crippen LogP contribution in [0.15, 0.2) is 0 Å². The Bertz CT molecular complexity index is 206. The topological polar surface area (TPSA) is 89.9 Å². The van der Waals surface area contributed by atoms with Gasteiger partial charge in [-0.3, -0.25) is 4.79 Å². The van der Waals surface area contributed by atoms with Crippen molar-refractivity contribution in [3.8, 4) is 0 Å². The SMILES string of the molecule is CN(C)CC(=O)N[C@@H](CCO)C(=O)O. The minimum absolute atomic E-state index is 0.0223. The molecule has 0 aromatic heterocycles. The first-order valence-corrected chi connectivity index (χ1v) is 4.25. The van der Waals surface area contributed by atoms with E-state index in [2.05, 4.69) is 5.32 Å². The highest BCUT2D eigenvalue weighted by atomic mass is 16.4. The molecule has 0 aliphatic carbocycles. The van der Waals surface area contributed by atoms with Crippen LogP contribution in [-0.2, 0) is 9.59 Å². The first-order valence-electron chi connectivity index (χ1n) is 4.25. The average molecular weight is 204 g/mol. The van der Waals surface area contributed by atoms with Crippen LogP contribution in [0.5, 0.6) is 0 Å². The molecule has 0 radical (unpaired) electrons. The van der Waals surface area contributed by atoms with Crippen LogP contribution in [0.2, 0.25) is 0 Å². The van der Waals surface area contributed by atoms with Gasteiger partial charge in [-0.15, -0.1) is 0 Å². The van der Waals surface area contributed by atoms with Crippen LogP contribution < -0.4 is 5.32 Å². The molecule has 0 aliphatic rings. The molecule has 0 spiro atoms. The summed E-state index contributed by atoms with van der Waals surface area (Å²) in [7, 11) is 3.42. The molecule has 0 bridgehead atoms. The molecule has 82 valence electrons. The number of likely N-dealkylation sites (N-methyl/N-ethyl adjacent to an activating group) is 1. The van der Waals surface area contributed by atoms with Crippen molar-refractivity contribution in [2.24, 2.45) is 0 Å². The first kappa shape index (κ1) is 12.9. The zero-order valence-corrected chi connectivity index (χ0v) is 8.36. The van der Waals surface area contributed by atoms with Gasteiger partial charge in [-0.1, -0.05) is 0 Å². The summed E-state index contributed by atoms with van der Waals surface area (Å²) in [5.74, 6) is -1.50. The first-order chi connectivity index (χ1) is 6.47. The summed E-state index contributed by atoms with van der Waals surface area (Å²) in [6, 6.07) is -1.01. The molecule has 6 nitrogen and oxygen atoms in total. The largest absolute Gasteiger partial charge is 0.480 e. The van der Waals surface area contributed by atoms with E-state index in [1.165, 1.54) is 0 Å². The van der Waals surface area contributed by atoms with Crippen molar-refractivity contribution < 1.29 is 19.8 Å². The van der Waals surface area contributed by atoms with Crippen molar-refractivity contribution in [1.29, 1.82) is 0 Å². The Morgan fingerprint density at radius 1 is 1.43 bits per heavy atom. The molecule has 0 aromatic carbocycles. The molecule has 3 N–H and O–H groups in total. The number of aliphatic hydroxyl groups excluding tert-OH is 1. The maximum absolute atomic E-state index is 11.1. The van der Waals surface area contributed by atoms with E-state index in [0.717, 1.165) is 0 Å². The summed E-state index contributed by atoms with van der Waals surface area (Å²) < 4.78 is 0. The van der Waals surface area contributed by atoms with E-state index in [-0.39, 0.29) is 25.5 Å². The minimum atomic E-state index is -1.13. The molecule has 1 amide bonds. The highest BCUT2D eigenvalue weighted by molar-refractivity contribution is 5.84. The van der Waals surface area contributed by atoms with Crippen LogP contribution in [0, 0.1) is 0 Å².